The zero-order chi connectivity index (χ0) is 47.5. The first-order valence-electron chi connectivity index (χ1n) is 24.0. The third kappa shape index (κ3) is 3.65. The van der Waals surface area contributed by atoms with Crippen molar-refractivity contribution in [1.82, 2.24) is 0 Å². The van der Waals surface area contributed by atoms with Gasteiger partial charge in [-0.25, -0.2) is 0 Å². The Morgan fingerprint density at radius 3 is 1.58 bits per heavy atom. The highest BCUT2D eigenvalue weighted by Gasteiger charge is 2.18. The van der Waals surface area contributed by atoms with E-state index in [1.807, 2.05) is 0 Å². The minimum absolute atomic E-state index is 0.0573. The first kappa shape index (κ1) is 10.9. The molecule has 1 nitrogen and oxygen atoms in total. The fraction of sp³-hybridized carbons (Fsp3) is 0. The summed E-state index contributed by atoms with van der Waals surface area (Å²) in [5, 5.41) is -2.78. The van der Waals surface area contributed by atoms with Crippen LogP contribution in [0.1, 0.15) is 30.2 Å². The van der Waals surface area contributed by atoms with E-state index < -0.39 is 166 Å². The minimum atomic E-state index is -0.835. The van der Waals surface area contributed by atoms with Gasteiger partial charge in [-0.3, -0.25) is 0 Å². The molecule has 43 heavy (non-hydrogen) atoms. The topological polar surface area (TPSA) is 13.1 Å². The van der Waals surface area contributed by atoms with Crippen LogP contribution in [-0.2, 0) is 0 Å². The van der Waals surface area contributed by atoms with Gasteiger partial charge in [0.2, 0.25) is 0 Å². The summed E-state index contributed by atoms with van der Waals surface area (Å²) in [5.74, 6) is 0. The molecule has 0 atom stereocenters. The van der Waals surface area contributed by atoms with Gasteiger partial charge in [0, 0.05) is 10.8 Å². The van der Waals surface area contributed by atoms with Gasteiger partial charge in [-0.15, -0.1) is 0 Å². The van der Waals surface area contributed by atoms with Crippen molar-refractivity contribution in [3.8, 4) is 33.4 Å². The number of furan rings is 1. The second kappa shape index (κ2) is 9.44. The third-order valence-electron chi connectivity index (χ3n) is 7.35. The number of fused-ring (bicyclic) bond motifs is 6. The predicted molar refractivity (Wildman–Crippen MR) is 183 cm³/mol. The summed E-state index contributed by atoms with van der Waals surface area (Å²) < 4.78 is 199. The quantitative estimate of drug-likeness (QED) is 0.193. The highest BCUT2D eigenvalue weighted by atomic mass is 16.3. The van der Waals surface area contributed by atoms with Gasteiger partial charge in [0.15, 0.2) is 0 Å². The molecular weight excluding hydrogens is 520 g/mol. The Balaban J connectivity index is 1.49. The Morgan fingerprint density at radius 2 is 0.860 bits per heavy atom. The van der Waals surface area contributed by atoms with E-state index in [0.29, 0.717) is 0 Å². The first-order chi connectivity index (χ1) is 30.5. The zero-order valence-electron chi connectivity index (χ0n) is 43.7. The van der Waals surface area contributed by atoms with Gasteiger partial charge >= 0.3 is 0 Å². The van der Waals surface area contributed by atoms with Crippen LogP contribution in [0.25, 0.3) is 87.6 Å². The molecule has 0 bridgehead atoms. The highest BCUT2D eigenvalue weighted by Crippen LogP contribution is 2.45. The van der Waals surface area contributed by atoms with Crippen LogP contribution in [0.2, 0.25) is 0 Å². The van der Waals surface area contributed by atoms with Crippen LogP contribution in [0, 0.1) is 0 Å². The molecular formula is C42H26O. The van der Waals surface area contributed by atoms with Gasteiger partial charge in [0.1, 0.15) is 11.2 Å². The molecule has 0 amide bonds. The van der Waals surface area contributed by atoms with Crippen LogP contribution in [-0.4, -0.2) is 0 Å². The average Bonchev–Trinajstić information content (AvgIpc) is 3.69. The van der Waals surface area contributed by atoms with E-state index in [0.717, 1.165) is 0 Å². The Labute approximate surface area is 280 Å². The lowest BCUT2D eigenvalue weighted by Crippen LogP contribution is -1.91. The maximum atomic E-state index is 9.32. The first-order valence-corrected chi connectivity index (χ1v) is 13.0. The fourth-order valence-electron chi connectivity index (χ4n) is 5.54. The molecule has 200 valence electrons. The van der Waals surface area contributed by atoms with Crippen molar-refractivity contribution in [3.63, 3.8) is 0 Å². The number of para-hydroxylation sites is 1. The van der Waals surface area contributed by atoms with Crippen molar-refractivity contribution in [2.24, 2.45) is 0 Å². The number of hydrogen-bond donors (Lipinski definition) is 0. The molecule has 0 radical (unpaired) electrons. The lowest BCUT2D eigenvalue weighted by atomic mass is 9.84. The zero-order valence-corrected chi connectivity index (χ0v) is 21.7. The molecule has 0 aliphatic carbocycles. The van der Waals surface area contributed by atoms with Gasteiger partial charge in [-0.2, -0.15) is 0 Å². The van der Waals surface area contributed by atoms with Gasteiger partial charge in [0.05, 0.1) is 30.2 Å². The average molecular weight is 569 g/mol. The normalized spacial score (nSPS) is 18.9. The molecule has 0 N–H and O–H groups in total. The molecule has 1 aromatic heterocycles. The van der Waals surface area contributed by atoms with Crippen LogP contribution in [0.5, 0.6) is 0 Å². The Morgan fingerprint density at radius 1 is 0.372 bits per heavy atom. The van der Waals surface area contributed by atoms with E-state index in [4.69, 9.17) is 27.7 Å². The molecule has 1 heteroatoms. The van der Waals surface area contributed by atoms with Crippen molar-refractivity contribution in [2.75, 3.05) is 0 Å². The van der Waals surface area contributed by atoms with E-state index in [-0.39, 0.29) is 55.0 Å². The van der Waals surface area contributed by atoms with Crippen LogP contribution in [0.15, 0.2) is 162 Å². The van der Waals surface area contributed by atoms with Crippen LogP contribution < -0.4 is 0 Å². The van der Waals surface area contributed by atoms with Gasteiger partial charge in [0.25, 0.3) is 0 Å². The van der Waals surface area contributed by atoms with Crippen molar-refractivity contribution < 1.29 is 34.6 Å². The number of rotatable bonds is 3. The second-order valence-corrected chi connectivity index (χ2v) is 9.59. The Bertz CT molecular complexity index is 3640. The third-order valence-corrected chi connectivity index (χ3v) is 7.35. The summed E-state index contributed by atoms with van der Waals surface area (Å²) >= 11 is 0. The summed E-state index contributed by atoms with van der Waals surface area (Å²) in [6.45, 7) is 0. The van der Waals surface area contributed by atoms with E-state index >= 15 is 0 Å². The second-order valence-electron chi connectivity index (χ2n) is 9.59. The van der Waals surface area contributed by atoms with Crippen molar-refractivity contribution in [2.45, 2.75) is 0 Å². The van der Waals surface area contributed by atoms with E-state index in [1.54, 1.807) is 0 Å². The lowest BCUT2D eigenvalue weighted by molar-refractivity contribution is 0.669. The maximum Gasteiger partial charge on any atom is 0.136 e. The summed E-state index contributed by atoms with van der Waals surface area (Å²) in [4.78, 5) is 0. The molecule has 0 fully saturated rings. The fourth-order valence-corrected chi connectivity index (χ4v) is 5.54. The maximum absolute atomic E-state index is 9.32. The molecule has 0 aliphatic rings. The minimum Gasteiger partial charge on any atom is -0.456 e. The van der Waals surface area contributed by atoms with E-state index in [1.165, 1.54) is 24.3 Å². The van der Waals surface area contributed by atoms with Crippen molar-refractivity contribution in [3.05, 3.63) is 157 Å². The molecule has 9 rings (SSSR count). The molecule has 8 aromatic carbocycles. The molecule has 0 aliphatic heterocycles. The van der Waals surface area contributed by atoms with Gasteiger partial charge < -0.3 is 4.42 Å². The monoisotopic (exact) mass is 568 g/mol. The smallest absolute Gasteiger partial charge is 0.136 e. The SMILES string of the molecule is [2H]c1c([2H])c([2H])c2c(oc3c([2H])c([2H])c([2H])c(-c4ccc(-c5c6c([2H])c([2H])c([2H])c([2H])c6c(-c6c([2H])c([2H])c([2H])c7c([2H])c([2H])c([2H])c([2H])c67)c6c([2H])c([2H])c([2H])c([2H])c56)cc4)c32)c1[2H]. The summed E-state index contributed by atoms with van der Waals surface area (Å²) in [6, 6.07) is -9.98. The molecule has 0 spiro atoms. The largest absolute Gasteiger partial charge is 0.456 e. The summed E-state index contributed by atoms with van der Waals surface area (Å²) in [5.41, 5.74) is -1.62. The number of hydrogen-bond acceptors (Lipinski definition) is 1. The van der Waals surface area contributed by atoms with Crippen LogP contribution >= 0.6 is 0 Å². The Kier molecular flexibility index (Phi) is 2.39. The van der Waals surface area contributed by atoms with E-state index in [2.05, 4.69) is 0 Å². The van der Waals surface area contributed by atoms with Crippen molar-refractivity contribution >= 4 is 54.3 Å². The van der Waals surface area contributed by atoms with Crippen LogP contribution in [0.4, 0.5) is 0 Å². The Hall–Kier alpha value is -5.66. The number of benzene rings is 8. The predicted octanol–water partition coefficient (Wildman–Crippen LogP) is 12.0. The summed E-state index contributed by atoms with van der Waals surface area (Å²) in [6.07, 6.45) is 0. The molecule has 0 unspecified atom stereocenters. The molecule has 9 aromatic rings. The van der Waals surface area contributed by atoms with Gasteiger partial charge in [-0.1, -0.05) is 145 Å². The van der Waals surface area contributed by atoms with Crippen molar-refractivity contribution in [1.29, 1.82) is 0 Å². The molecule has 0 saturated carbocycles. The highest BCUT2D eigenvalue weighted by molar-refractivity contribution is 6.23. The van der Waals surface area contributed by atoms with Gasteiger partial charge in [-0.05, 0) is 77.8 Å². The lowest BCUT2D eigenvalue weighted by Gasteiger charge is -2.19. The van der Waals surface area contributed by atoms with Crippen LogP contribution in [0.3, 0.4) is 0 Å². The summed E-state index contributed by atoms with van der Waals surface area (Å²) in [7, 11) is 0. The standard InChI is InChI=1S/C42H26O/c1-2-13-30-27(11-1)12-9-20-32(30)41-35-16-5-3-14-33(35)40(34-15-4-6-17-36(34)41)29-25-23-28(24-26-29)31-19-10-22-39-42(31)37-18-7-8-21-38(37)43-39/h1-26H/i1D,2D,3D,4D,5D,6D,7D,8D,9D,10D,11D,12D,13D,14D,15D,16D,17D,18D,19D,20D,21D,22D. The molecule has 1 heterocycles. The molecule has 0 saturated heterocycles. The van der Waals surface area contributed by atoms with E-state index in [9.17, 15) is 6.85 Å².